The van der Waals surface area contributed by atoms with Gasteiger partial charge >= 0.3 is 13.8 Å². The van der Waals surface area contributed by atoms with Gasteiger partial charge in [0, 0.05) is 12.8 Å². The van der Waals surface area contributed by atoms with Crippen molar-refractivity contribution in [2.24, 2.45) is 0 Å². The van der Waals surface area contributed by atoms with E-state index in [1.165, 1.54) is 167 Å². The molecule has 0 saturated carbocycles. The number of rotatable bonds is 61. The standard InChI is InChI=1S/C73H129N2O7P/c1-7-10-13-16-19-22-25-28-30-32-34-35-36-37-38-39-41-43-45-48-51-54-57-60-63-66-73(77)82-71(64-61-58-55-52-49-46-27-24-21-18-15-12-9-3)70(69-81-83(78,79)80-68-67-75(4,5)6)74-72(76)65-62-59-56-53-50-47-44-42-40-33-31-29-26-23-20-17-14-11-8-2/h11,14,19-20,22-23,28-31,40,42,47,50,56,59,61,64,70-71H,7-10,12-13,15-18,21,24-27,32-39,41,43-46,48-49,51-55,57-58,60,62-63,65-69H2,1-6H3,(H-,74,76,78,79)/p+1/b14-11-,22-19-,23-20-,30-28-,31-29-,42-40-,50-47-,59-56-,64-61-. The third-order valence-electron chi connectivity index (χ3n) is 14.7. The number of hydrogen-bond acceptors (Lipinski definition) is 6. The summed E-state index contributed by atoms with van der Waals surface area (Å²) < 4.78 is 30.7. The number of hydrogen-bond donors (Lipinski definition) is 2. The third kappa shape index (κ3) is 63.0. The lowest BCUT2D eigenvalue weighted by Gasteiger charge is -2.27. The Kier molecular flexibility index (Phi) is 59.3. The number of amides is 1. The Labute approximate surface area is 512 Å². The molecule has 3 unspecified atom stereocenters. The average Bonchev–Trinajstić information content (AvgIpc) is 3.47. The van der Waals surface area contributed by atoms with Crippen molar-refractivity contribution in [1.29, 1.82) is 0 Å². The number of quaternary nitrogens is 1. The fourth-order valence-corrected chi connectivity index (χ4v) is 10.2. The van der Waals surface area contributed by atoms with Crippen LogP contribution in [0.4, 0.5) is 0 Å². The van der Waals surface area contributed by atoms with Gasteiger partial charge in [0.2, 0.25) is 5.91 Å². The minimum Gasteiger partial charge on any atom is -0.456 e. The fraction of sp³-hybridized carbons (Fsp3) is 0.726. The molecule has 0 saturated heterocycles. The maximum Gasteiger partial charge on any atom is 0.472 e. The lowest BCUT2D eigenvalue weighted by molar-refractivity contribution is -0.870. The number of unbranched alkanes of at least 4 members (excludes halogenated alkanes) is 29. The number of nitrogens with one attached hydrogen (secondary N) is 1. The van der Waals surface area contributed by atoms with Gasteiger partial charge in [0.1, 0.15) is 19.3 Å². The summed E-state index contributed by atoms with van der Waals surface area (Å²) in [6, 6.07) is -0.895. The highest BCUT2D eigenvalue weighted by Gasteiger charge is 2.30. The first kappa shape index (κ1) is 79.7. The topological polar surface area (TPSA) is 111 Å². The zero-order valence-corrected chi connectivity index (χ0v) is 55.6. The molecule has 0 aliphatic rings. The number of carbonyl (C=O) groups is 2. The van der Waals surface area contributed by atoms with Gasteiger partial charge < -0.3 is 19.4 Å². The number of allylic oxidation sites excluding steroid dienone is 17. The summed E-state index contributed by atoms with van der Waals surface area (Å²) in [6.45, 7) is 6.83. The summed E-state index contributed by atoms with van der Waals surface area (Å²) in [6.07, 6.45) is 85.5. The van der Waals surface area contributed by atoms with Crippen molar-refractivity contribution in [3.8, 4) is 0 Å². The van der Waals surface area contributed by atoms with Crippen molar-refractivity contribution in [3.63, 3.8) is 0 Å². The van der Waals surface area contributed by atoms with Gasteiger partial charge in [0.25, 0.3) is 0 Å². The second kappa shape index (κ2) is 61.7. The lowest BCUT2D eigenvalue weighted by Crippen LogP contribution is -2.47. The minimum absolute atomic E-state index is 0.0225. The molecule has 0 heterocycles. The first-order valence-corrected chi connectivity index (χ1v) is 35.7. The molecule has 478 valence electrons. The first-order valence-electron chi connectivity index (χ1n) is 34.2. The largest absolute Gasteiger partial charge is 0.472 e. The number of ether oxygens (including phenoxy) is 1. The Morgan fingerprint density at radius 2 is 0.783 bits per heavy atom. The summed E-state index contributed by atoms with van der Waals surface area (Å²) in [4.78, 5) is 37.8. The molecule has 0 bridgehead atoms. The van der Waals surface area contributed by atoms with Crippen molar-refractivity contribution < 1.29 is 37.3 Å². The molecule has 3 atom stereocenters. The van der Waals surface area contributed by atoms with Crippen molar-refractivity contribution >= 4 is 19.7 Å². The highest BCUT2D eigenvalue weighted by molar-refractivity contribution is 7.47. The zero-order chi connectivity index (χ0) is 60.7. The fourth-order valence-electron chi connectivity index (χ4n) is 9.46. The van der Waals surface area contributed by atoms with Crippen LogP contribution in [0.3, 0.4) is 0 Å². The Bertz CT molecular complexity index is 1790. The second-order valence-electron chi connectivity index (χ2n) is 24.0. The molecular formula is C73H130N2O7P+. The Hall–Kier alpha value is -3.33. The van der Waals surface area contributed by atoms with Gasteiger partial charge in [0.15, 0.2) is 0 Å². The minimum atomic E-state index is -4.48. The lowest BCUT2D eigenvalue weighted by atomic mass is 10.0. The summed E-state index contributed by atoms with van der Waals surface area (Å²) >= 11 is 0. The quantitative estimate of drug-likeness (QED) is 0.0205. The maximum absolute atomic E-state index is 13.6. The molecule has 0 aliphatic carbocycles. The predicted molar refractivity (Wildman–Crippen MR) is 360 cm³/mol. The van der Waals surface area contributed by atoms with Crippen LogP contribution in [0.1, 0.15) is 290 Å². The van der Waals surface area contributed by atoms with Crippen LogP contribution in [0.15, 0.2) is 109 Å². The van der Waals surface area contributed by atoms with E-state index in [-0.39, 0.29) is 37.9 Å². The van der Waals surface area contributed by atoms with E-state index in [2.05, 4.69) is 117 Å². The van der Waals surface area contributed by atoms with Crippen LogP contribution in [-0.4, -0.2) is 74.3 Å². The number of carbonyl (C=O) groups excluding carboxylic acids is 2. The number of likely N-dealkylation sites (N-methyl/N-ethyl adjacent to an activating group) is 1. The third-order valence-corrected chi connectivity index (χ3v) is 15.7. The highest BCUT2D eigenvalue weighted by atomic mass is 31.2. The van der Waals surface area contributed by atoms with Gasteiger partial charge in [-0.2, -0.15) is 0 Å². The molecule has 0 rings (SSSR count). The van der Waals surface area contributed by atoms with Crippen LogP contribution in [0.2, 0.25) is 0 Å². The first-order chi connectivity index (χ1) is 40.4. The predicted octanol–water partition coefficient (Wildman–Crippen LogP) is 21.7. The van der Waals surface area contributed by atoms with Crippen molar-refractivity contribution in [3.05, 3.63) is 109 Å². The van der Waals surface area contributed by atoms with Gasteiger partial charge in [-0.05, 0) is 102 Å². The molecule has 0 radical (unpaired) electrons. The summed E-state index contributed by atoms with van der Waals surface area (Å²) in [5, 5.41) is 3.01. The Morgan fingerprint density at radius 3 is 1.20 bits per heavy atom. The molecule has 0 aliphatic heterocycles. The van der Waals surface area contributed by atoms with E-state index in [4.69, 9.17) is 13.8 Å². The van der Waals surface area contributed by atoms with Crippen LogP contribution in [0.5, 0.6) is 0 Å². The normalized spacial score (nSPS) is 14.3. The number of phosphoric ester groups is 1. The SMILES string of the molecule is CC/C=C\C/C=C\C/C=C\C/C=C\C/C=C\C/C=C\CCC(=O)NC(COP(=O)(O)OCC[N+](C)(C)C)C(/C=C\CCCCCCCCCCCCC)OC(=O)CCCCCCCCCCCCCCCCC/C=C\C/C=C\CCCCC. The molecule has 2 N–H and O–H groups in total. The van der Waals surface area contributed by atoms with E-state index >= 15 is 0 Å². The molecule has 0 fully saturated rings. The van der Waals surface area contributed by atoms with E-state index in [1.807, 2.05) is 39.4 Å². The number of nitrogens with zero attached hydrogens (tertiary/aromatic N) is 1. The molecule has 9 nitrogen and oxygen atoms in total. The second-order valence-corrected chi connectivity index (χ2v) is 25.4. The van der Waals surface area contributed by atoms with Crippen molar-refractivity contribution in [2.75, 3.05) is 40.9 Å². The van der Waals surface area contributed by atoms with Gasteiger partial charge in [-0.25, -0.2) is 4.57 Å². The summed E-state index contributed by atoms with van der Waals surface area (Å²) in [5.74, 6) is -0.601. The van der Waals surface area contributed by atoms with E-state index in [0.717, 1.165) is 83.5 Å². The Morgan fingerprint density at radius 1 is 0.434 bits per heavy atom. The molecule has 1 amide bonds. The van der Waals surface area contributed by atoms with E-state index in [1.54, 1.807) is 0 Å². The molecule has 0 aromatic heterocycles. The van der Waals surface area contributed by atoms with Crippen LogP contribution >= 0.6 is 7.82 Å². The van der Waals surface area contributed by atoms with Gasteiger partial charge in [-0.15, -0.1) is 0 Å². The zero-order valence-electron chi connectivity index (χ0n) is 54.7. The van der Waals surface area contributed by atoms with Crippen LogP contribution in [0, 0.1) is 0 Å². The monoisotopic (exact) mass is 1180 g/mol. The smallest absolute Gasteiger partial charge is 0.456 e. The maximum atomic E-state index is 13.6. The molecular weight excluding hydrogens is 1050 g/mol. The molecule has 0 aromatic rings. The van der Waals surface area contributed by atoms with Crippen LogP contribution in [-0.2, 0) is 27.9 Å². The summed E-state index contributed by atoms with van der Waals surface area (Å²) in [7, 11) is 1.44. The Balaban J connectivity index is 5.22. The molecule has 0 spiro atoms. The van der Waals surface area contributed by atoms with Gasteiger partial charge in [-0.1, -0.05) is 285 Å². The van der Waals surface area contributed by atoms with E-state index < -0.39 is 20.0 Å². The van der Waals surface area contributed by atoms with Crippen molar-refractivity contribution in [2.45, 2.75) is 303 Å². The van der Waals surface area contributed by atoms with Gasteiger partial charge in [-0.3, -0.25) is 18.6 Å². The van der Waals surface area contributed by atoms with E-state index in [9.17, 15) is 19.0 Å². The number of esters is 1. The number of phosphoric acid groups is 1. The molecule has 10 heteroatoms. The highest BCUT2D eigenvalue weighted by Crippen LogP contribution is 2.43. The summed E-state index contributed by atoms with van der Waals surface area (Å²) in [5.41, 5.74) is 0. The average molecular weight is 1180 g/mol. The molecule has 0 aromatic carbocycles. The molecule has 83 heavy (non-hydrogen) atoms. The van der Waals surface area contributed by atoms with Crippen LogP contribution in [0.25, 0.3) is 0 Å². The van der Waals surface area contributed by atoms with Crippen molar-refractivity contribution in [1.82, 2.24) is 5.32 Å². The van der Waals surface area contributed by atoms with E-state index in [0.29, 0.717) is 17.4 Å². The van der Waals surface area contributed by atoms with Crippen LogP contribution < -0.4 is 5.32 Å². The van der Waals surface area contributed by atoms with Gasteiger partial charge in [0.05, 0.1) is 33.8 Å².